The summed E-state index contributed by atoms with van der Waals surface area (Å²) in [7, 11) is 0. The fourth-order valence-corrected chi connectivity index (χ4v) is 1.73. The molecule has 0 heterocycles. The van der Waals surface area contributed by atoms with Crippen LogP contribution < -0.4 is 10.5 Å². The largest absolute Gasteiger partial charge is 0.488 e. The second-order valence-corrected chi connectivity index (χ2v) is 4.21. The van der Waals surface area contributed by atoms with Crippen LogP contribution in [0.5, 0.6) is 5.75 Å². The van der Waals surface area contributed by atoms with Gasteiger partial charge in [-0.15, -0.1) is 0 Å². The number of benzene rings is 2. The molecule has 0 aliphatic carbocycles. The zero-order valence-corrected chi connectivity index (χ0v) is 11.0. The van der Waals surface area contributed by atoms with Crippen LogP contribution in [0, 0.1) is 29.3 Å². The van der Waals surface area contributed by atoms with E-state index in [1.807, 2.05) is 0 Å². The Kier molecular flexibility index (Phi) is 4.85. The minimum atomic E-state index is -0.684. The van der Waals surface area contributed by atoms with Crippen molar-refractivity contribution in [1.29, 1.82) is 0 Å². The van der Waals surface area contributed by atoms with Crippen LogP contribution in [0.3, 0.4) is 0 Å². The molecule has 0 aromatic heterocycles. The van der Waals surface area contributed by atoms with E-state index in [0.29, 0.717) is 16.9 Å². The van der Waals surface area contributed by atoms with Crippen molar-refractivity contribution in [2.75, 3.05) is 6.54 Å². The minimum Gasteiger partial charge on any atom is -0.488 e. The molecular formula is C16H12F3NO. The van der Waals surface area contributed by atoms with Gasteiger partial charge < -0.3 is 10.5 Å². The van der Waals surface area contributed by atoms with Gasteiger partial charge in [-0.3, -0.25) is 0 Å². The molecule has 2 nitrogen and oxygen atoms in total. The lowest BCUT2D eigenvalue weighted by molar-refractivity contribution is 0.303. The Morgan fingerprint density at radius 1 is 0.952 bits per heavy atom. The number of hydrogen-bond acceptors (Lipinski definition) is 2. The van der Waals surface area contributed by atoms with Crippen LogP contribution in [-0.2, 0) is 6.61 Å². The van der Waals surface area contributed by atoms with Gasteiger partial charge in [-0.25, -0.2) is 13.2 Å². The SMILES string of the molecule is NCC#Cc1cc(F)ccc1OCc1cc(F)cc(F)c1. The normalized spacial score (nSPS) is 9.90. The van der Waals surface area contributed by atoms with E-state index < -0.39 is 17.5 Å². The third-order valence-electron chi connectivity index (χ3n) is 2.58. The first-order valence-electron chi connectivity index (χ1n) is 6.15. The van der Waals surface area contributed by atoms with Crippen LogP contribution in [0.15, 0.2) is 36.4 Å². The highest BCUT2D eigenvalue weighted by molar-refractivity contribution is 5.46. The Hall–Kier alpha value is -2.45. The first kappa shape index (κ1) is 14.9. The molecule has 0 saturated carbocycles. The smallest absolute Gasteiger partial charge is 0.135 e. The Morgan fingerprint density at radius 3 is 2.33 bits per heavy atom. The summed E-state index contributed by atoms with van der Waals surface area (Å²) < 4.78 is 44.8. The van der Waals surface area contributed by atoms with Crippen molar-refractivity contribution in [3.05, 3.63) is 65.0 Å². The van der Waals surface area contributed by atoms with Gasteiger partial charge in [-0.2, -0.15) is 0 Å². The van der Waals surface area contributed by atoms with E-state index in [4.69, 9.17) is 10.5 Å². The van der Waals surface area contributed by atoms with Crippen molar-refractivity contribution < 1.29 is 17.9 Å². The molecule has 2 N–H and O–H groups in total. The molecule has 0 aliphatic heterocycles. The van der Waals surface area contributed by atoms with Crippen molar-refractivity contribution in [2.24, 2.45) is 5.73 Å². The number of ether oxygens (including phenoxy) is 1. The second-order valence-electron chi connectivity index (χ2n) is 4.21. The number of hydrogen-bond donors (Lipinski definition) is 1. The van der Waals surface area contributed by atoms with Crippen LogP contribution in [-0.4, -0.2) is 6.54 Å². The summed E-state index contributed by atoms with van der Waals surface area (Å²) >= 11 is 0. The summed E-state index contributed by atoms with van der Waals surface area (Å²) in [6.45, 7) is 0.0721. The van der Waals surface area contributed by atoms with Crippen molar-refractivity contribution in [3.63, 3.8) is 0 Å². The topological polar surface area (TPSA) is 35.2 Å². The van der Waals surface area contributed by atoms with Crippen LogP contribution >= 0.6 is 0 Å². The Morgan fingerprint density at radius 2 is 1.67 bits per heavy atom. The highest BCUT2D eigenvalue weighted by Gasteiger charge is 2.06. The van der Waals surface area contributed by atoms with Crippen LogP contribution in [0.25, 0.3) is 0 Å². The third kappa shape index (κ3) is 4.26. The Balaban J connectivity index is 2.19. The predicted molar refractivity (Wildman–Crippen MR) is 73.0 cm³/mol. The van der Waals surface area contributed by atoms with E-state index in [9.17, 15) is 13.2 Å². The van der Waals surface area contributed by atoms with Crippen molar-refractivity contribution in [1.82, 2.24) is 0 Å². The van der Waals surface area contributed by atoms with E-state index in [0.717, 1.165) is 18.2 Å². The summed E-state index contributed by atoms with van der Waals surface area (Å²) in [5.41, 5.74) is 5.93. The zero-order valence-electron chi connectivity index (χ0n) is 11.0. The standard InChI is InChI=1S/C16H12F3NO/c17-13-3-4-16(12(8-13)2-1-5-20)21-10-11-6-14(18)9-15(19)7-11/h3-4,6-9H,5,10,20H2. The van der Waals surface area contributed by atoms with E-state index in [2.05, 4.69) is 11.8 Å². The van der Waals surface area contributed by atoms with Crippen LogP contribution in [0.4, 0.5) is 13.2 Å². The monoisotopic (exact) mass is 291 g/mol. The molecule has 0 unspecified atom stereocenters. The second kappa shape index (κ2) is 6.82. The zero-order chi connectivity index (χ0) is 15.2. The first-order valence-corrected chi connectivity index (χ1v) is 6.15. The van der Waals surface area contributed by atoms with Gasteiger partial charge in [0.1, 0.15) is 29.8 Å². The number of nitrogens with two attached hydrogens (primary N) is 1. The summed E-state index contributed by atoms with van der Waals surface area (Å²) in [5, 5.41) is 0. The average molecular weight is 291 g/mol. The van der Waals surface area contributed by atoms with Gasteiger partial charge in [0, 0.05) is 6.07 Å². The molecule has 108 valence electrons. The van der Waals surface area contributed by atoms with Gasteiger partial charge in [-0.05, 0) is 35.9 Å². The first-order chi connectivity index (χ1) is 10.1. The van der Waals surface area contributed by atoms with Crippen molar-refractivity contribution in [3.8, 4) is 17.6 Å². The molecular weight excluding hydrogens is 279 g/mol. The molecule has 2 rings (SSSR count). The van der Waals surface area contributed by atoms with E-state index in [1.165, 1.54) is 18.2 Å². The van der Waals surface area contributed by atoms with E-state index in [1.54, 1.807) is 0 Å². The van der Waals surface area contributed by atoms with Gasteiger partial charge in [0.25, 0.3) is 0 Å². The lowest BCUT2D eigenvalue weighted by atomic mass is 10.2. The molecule has 0 bridgehead atoms. The van der Waals surface area contributed by atoms with Crippen molar-refractivity contribution >= 4 is 0 Å². The average Bonchev–Trinajstić information content (AvgIpc) is 2.43. The Bertz CT molecular complexity index is 684. The highest BCUT2D eigenvalue weighted by atomic mass is 19.1. The molecule has 0 atom stereocenters. The minimum absolute atomic E-state index is 0.0579. The fraction of sp³-hybridized carbons (Fsp3) is 0.125. The number of halogens is 3. The lowest BCUT2D eigenvalue weighted by Crippen LogP contribution is -1.99. The van der Waals surface area contributed by atoms with Crippen LogP contribution in [0.2, 0.25) is 0 Å². The summed E-state index contributed by atoms with van der Waals surface area (Å²) in [6.07, 6.45) is 0. The van der Waals surface area contributed by atoms with Gasteiger partial charge in [0.15, 0.2) is 0 Å². The van der Waals surface area contributed by atoms with Gasteiger partial charge in [-0.1, -0.05) is 11.8 Å². The molecule has 2 aromatic carbocycles. The van der Waals surface area contributed by atoms with Crippen molar-refractivity contribution in [2.45, 2.75) is 6.61 Å². The van der Waals surface area contributed by atoms with E-state index >= 15 is 0 Å². The molecule has 0 radical (unpaired) electrons. The maximum atomic E-state index is 13.2. The fourth-order valence-electron chi connectivity index (χ4n) is 1.73. The molecule has 0 saturated heterocycles. The van der Waals surface area contributed by atoms with Crippen LogP contribution in [0.1, 0.15) is 11.1 Å². The molecule has 0 aliphatic rings. The molecule has 0 spiro atoms. The third-order valence-corrected chi connectivity index (χ3v) is 2.58. The maximum Gasteiger partial charge on any atom is 0.135 e. The summed E-state index contributed by atoms with van der Waals surface area (Å²) in [6, 6.07) is 6.94. The predicted octanol–water partition coefficient (Wildman–Crippen LogP) is 2.99. The molecule has 0 fully saturated rings. The van der Waals surface area contributed by atoms with E-state index in [-0.39, 0.29) is 13.2 Å². The summed E-state index contributed by atoms with van der Waals surface area (Å²) in [5.74, 6) is 3.78. The maximum absolute atomic E-state index is 13.2. The molecule has 5 heteroatoms. The summed E-state index contributed by atoms with van der Waals surface area (Å²) in [4.78, 5) is 0. The quantitative estimate of drug-likeness (QED) is 0.882. The highest BCUT2D eigenvalue weighted by Crippen LogP contribution is 2.20. The Labute approximate surface area is 120 Å². The van der Waals surface area contributed by atoms with Gasteiger partial charge in [0.05, 0.1) is 12.1 Å². The molecule has 21 heavy (non-hydrogen) atoms. The lowest BCUT2D eigenvalue weighted by Gasteiger charge is -2.09. The van der Waals surface area contributed by atoms with Gasteiger partial charge >= 0.3 is 0 Å². The number of rotatable bonds is 3. The molecule has 2 aromatic rings. The van der Waals surface area contributed by atoms with Gasteiger partial charge in [0.2, 0.25) is 0 Å². The molecule has 0 amide bonds.